The highest BCUT2D eigenvalue weighted by Gasteiger charge is 2.38. The monoisotopic (exact) mass is 1090 g/mol. The quantitative estimate of drug-likeness (QED) is 0.0892. The molecule has 1 aliphatic carbocycles. The minimum absolute atomic E-state index is 0.00145. The van der Waals surface area contributed by atoms with Crippen molar-refractivity contribution in [3.8, 4) is 11.1 Å². The Kier molecular flexibility index (Phi) is 14.7. The Morgan fingerprint density at radius 3 is 0.904 bits per heavy atom. The highest BCUT2D eigenvalue weighted by molar-refractivity contribution is 6.24. The molecule has 11 rings (SSSR count). The highest BCUT2D eigenvalue weighted by atomic mass is 15.2. The van der Waals surface area contributed by atoms with E-state index in [1.54, 1.807) is 0 Å². The van der Waals surface area contributed by atoms with Gasteiger partial charge in [-0.15, -0.1) is 0 Å². The van der Waals surface area contributed by atoms with E-state index in [9.17, 15) is 0 Å². The number of benzene rings is 10. The molecule has 0 aliphatic heterocycles. The normalized spacial score (nSPS) is 13.3. The molecule has 3 nitrogen and oxygen atoms in total. The van der Waals surface area contributed by atoms with Gasteiger partial charge in [0, 0.05) is 66.8 Å². The number of hydrogen-bond acceptors (Lipinski definition) is 3. The first-order chi connectivity index (χ1) is 39.3. The van der Waals surface area contributed by atoms with Crippen molar-refractivity contribution >= 4 is 72.7 Å². The summed E-state index contributed by atoms with van der Waals surface area (Å²) in [5.74, 6) is 1.25. The Labute approximate surface area is 497 Å². The molecule has 0 spiro atoms. The molecule has 0 saturated carbocycles. The van der Waals surface area contributed by atoms with Crippen LogP contribution in [0, 0.1) is 0 Å². The Balaban J connectivity index is 1.23. The lowest BCUT2D eigenvalue weighted by Crippen LogP contribution is -2.18. The molecule has 422 valence electrons. The van der Waals surface area contributed by atoms with Crippen LogP contribution in [0.4, 0.5) is 51.2 Å². The molecule has 3 heteroatoms. The summed E-state index contributed by atoms with van der Waals surface area (Å²) in [6.45, 7) is 39.3. The van der Waals surface area contributed by atoms with Crippen molar-refractivity contribution in [2.45, 2.75) is 157 Å². The lowest BCUT2D eigenvalue weighted by molar-refractivity contribution is 0.590. The molecule has 0 unspecified atom stereocenters. The van der Waals surface area contributed by atoms with E-state index >= 15 is 0 Å². The summed E-state index contributed by atoms with van der Waals surface area (Å²) in [7, 11) is 0. The third-order valence-corrected chi connectivity index (χ3v) is 17.9. The summed E-state index contributed by atoms with van der Waals surface area (Å²) in [5.41, 5.74) is 23.0. The molecule has 0 N–H and O–H groups in total. The van der Waals surface area contributed by atoms with Gasteiger partial charge in [0.2, 0.25) is 0 Å². The van der Waals surface area contributed by atoms with Gasteiger partial charge in [-0.05, 0) is 187 Å². The molecule has 0 heterocycles. The van der Waals surface area contributed by atoms with Crippen molar-refractivity contribution in [1.82, 2.24) is 0 Å². The van der Waals surface area contributed by atoms with Gasteiger partial charge in [0.1, 0.15) is 0 Å². The summed E-state index contributed by atoms with van der Waals surface area (Å²) in [4.78, 5) is 7.56. The van der Waals surface area contributed by atoms with Crippen molar-refractivity contribution in [1.29, 1.82) is 0 Å². The minimum atomic E-state index is -0.367. The van der Waals surface area contributed by atoms with Crippen LogP contribution in [0.15, 0.2) is 200 Å². The van der Waals surface area contributed by atoms with Crippen LogP contribution in [0.3, 0.4) is 0 Å². The van der Waals surface area contributed by atoms with E-state index in [1.165, 1.54) is 88.6 Å². The lowest BCUT2D eigenvalue weighted by Gasteiger charge is -2.34. The van der Waals surface area contributed by atoms with Gasteiger partial charge in [-0.3, -0.25) is 0 Å². The molecule has 1 aliphatic rings. The highest BCUT2D eigenvalue weighted by Crippen LogP contribution is 2.57. The van der Waals surface area contributed by atoms with E-state index in [-0.39, 0.29) is 21.7 Å². The van der Waals surface area contributed by atoms with Gasteiger partial charge in [-0.25, -0.2) is 0 Å². The number of nitrogens with zero attached hydrogens (tertiary/aromatic N) is 3. The van der Waals surface area contributed by atoms with Crippen LogP contribution in [0.2, 0.25) is 0 Å². The fraction of sp³-hybridized carbons (Fsp3) is 0.300. The fourth-order valence-electron chi connectivity index (χ4n) is 12.6. The number of anilines is 9. The second-order valence-corrected chi connectivity index (χ2v) is 28.2. The first-order valence-electron chi connectivity index (χ1n) is 30.5. The molecule has 0 aromatic heterocycles. The van der Waals surface area contributed by atoms with Gasteiger partial charge in [-0.1, -0.05) is 221 Å². The Morgan fingerprint density at radius 2 is 0.578 bits per heavy atom. The van der Waals surface area contributed by atoms with Crippen LogP contribution >= 0.6 is 0 Å². The van der Waals surface area contributed by atoms with Crippen molar-refractivity contribution in [3.05, 3.63) is 245 Å². The molecule has 83 heavy (non-hydrogen) atoms. The van der Waals surface area contributed by atoms with Crippen LogP contribution in [0.25, 0.3) is 32.7 Å². The second-order valence-electron chi connectivity index (χ2n) is 28.2. The molecular weight excluding hydrogens is 1000 g/mol. The van der Waals surface area contributed by atoms with E-state index in [4.69, 9.17) is 0 Å². The molecule has 10 aromatic carbocycles. The van der Waals surface area contributed by atoms with Gasteiger partial charge >= 0.3 is 0 Å². The zero-order valence-corrected chi connectivity index (χ0v) is 52.6. The average molecular weight is 1090 g/mol. The summed E-state index contributed by atoms with van der Waals surface area (Å²) >= 11 is 0. The van der Waals surface area contributed by atoms with Crippen LogP contribution < -0.4 is 14.7 Å². The van der Waals surface area contributed by atoms with E-state index in [1.807, 2.05) is 0 Å². The summed E-state index contributed by atoms with van der Waals surface area (Å²) in [6, 6.07) is 77.5. The topological polar surface area (TPSA) is 9.72 Å². The molecule has 0 radical (unpaired) electrons. The van der Waals surface area contributed by atoms with Crippen LogP contribution in [0.5, 0.6) is 0 Å². The number of fused-ring (bicyclic) bond motifs is 5. The van der Waals surface area contributed by atoms with Crippen LogP contribution in [-0.4, -0.2) is 0 Å². The van der Waals surface area contributed by atoms with E-state index in [0.717, 1.165) is 39.8 Å². The molecule has 0 amide bonds. The van der Waals surface area contributed by atoms with E-state index < -0.39 is 0 Å². The zero-order chi connectivity index (χ0) is 59.1. The maximum absolute atomic E-state index is 2.59. The van der Waals surface area contributed by atoms with Gasteiger partial charge in [0.25, 0.3) is 0 Å². The predicted molar refractivity (Wildman–Crippen MR) is 361 cm³/mol. The molecular formula is C80H87N3. The van der Waals surface area contributed by atoms with Gasteiger partial charge in [-0.2, -0.15) is 0 Å². The number of rotatable bonds is 12. The predicted octanol–water partition coefficient (Wildman–Crippen LogP) is 24.0. The van der Waals surface area contributed by atoms with Crippen molar-refractivity contribution in [2.24, 2.45) is 0 Å². The van der Waals surface area contributed by atoms with E-state index in [0.29, 0.717) is 17.8 Å². The van der Waals surface area contributed by atoms with Gasteiger partial charge in [0.15, 0.2) is 0 Å². The number of hydrogen-bond donors (Lipinski definition) is 0. The summed E-state index contributed by atoms with van der Waals surface area (Å²) in [6.07, 6.45) is 0. The smallest absolute Gasteiger partial charge is 0.0620 e. The first kappa shape index (κ1) is 57.0. The fourth-order valence-corrected chi connectivity index (χ4v) is 12.6. The lowest BCUT2D eigenvalue weighted by atomic mass is 9.81. The summed E-state index contributed by atoms with van der Waals surface area (Å²) in [5, 5.41) is 4.76. The molecule has 0 saturated heterocycles. The Hall–Kier alpha value is -7.88. The van der Waals surface area contributed by atoms with Crippen molar-refractivity contribution in [3.63, 3.8) is 0 Å². The van der Waals surface area contributed by atoms with Gasteiger partial charge < -0.3 is 14.7 Å². The summed E-state index contributed by atoms with van der Waals surface area (Å²) < 4.78 is 0. The molecule has 0 fully saturated rings. The van der Waals surface area contributed by atoms with Crippen LogP contribution in [-0.2, 0) is 21.7 Å². The minimum Gasteiger partial charge on any atom is -0.310 e. The molecule has 0 bridgehead atoms. The van der Waals surface area contributed by atoms with Gasteiger partial charge in [0.05, 0.1) is 11.4 Å². The Morgan fingerprint density at radius 1 is 0.289 bits per heavy atom. The third-order valence-electron chi connectivity index (χ3n) is 17.9. The SMILES string of the molecule is CC(C)c1ccc(N(c2ccc(C(C)(C)C)cc2)c2ccc3c(c2)C(C)(C)c2cc4c(N(c5ccc(C(C)C)cc5)c5ccc(C(C)(C)C)cc5)c5ccccc5c(N(c5ccc(C(C)C)cc5)c5ccc(C(C)(C)C)cc5)c4cc2-3)cc1. The van der Waals surface area contributed by atoms with E-state index in [2.05, 4.69) is 333 Å². The Bertz CT molecular complexity index is 3970. The third kappa shape index (κ3) is 10.7. The average Bonchev–Trinajstić information content (AvgIpc) is 3.19. The maximum atomic E-state index is 2.59. The second kappa shape index (κ2) is 21.4. The standard InChI is InChI=1S/C80H87N3/c1-51(2)54-22-34-60(35-23-54)81(61-40-28-57(29-41-61)77(7,8)9)66-46-47-67-70-49-71-72(50-74(70)80(16,17)73(67)48-66)76(83(63-38-26-56(27-39-63)53(5)6)65-44-32-59(33-45-65)79(13,14)15)69-21-19-18-20-68(69)75(71)82(62-36-24-55(25-37-62)52(3)4)64-42-30-58(31-43-64)78(10,11)12/h18-53H,1-17H3. The molecule has 0 atom stereocenters. The van der Waals surface area contributed by atoms with Crippen molar-refractivity contribution < 1.29 is 0 Å². The molecule has 10 aromatic rings. The largest absolute Gasteiger partial charge is 0.310 e. The first-order valence-corrected chi connectivity index (χ1v) is 30.5. The zero-order valence-electron chi connectivity index (χ0n) is 52.6. The van der Waals surface area contributed by atoms with Crippen molar-refractivity contribution in [2.75, 3.05) is 14.7 Å². The van der Waals surface area contributed by atoms with Crippen LogP contribution in [0.1, 0.15) is 180 Å². The maximum Gasteiger partial charge on any atom is 0.0620 e.